The van der Waals surface area contributed by atoms with Gasteiger partial charge in [0.05, 0.1) is 25.4 Å². The molecule has 0 saturated heterocycles. The van der Waals surface area contributed by atoms with Crippen molar-refractivity contribution in [2.45, 2.75) is 16.3 Å². The maximum atomic E-state index is 12.8. The summed E-state index contributed by atoms with van der Waals surface area (Å²) in [4.78, 5) is 20.7. The summed E-state index contributed by atoms with van der Waals surface area (Å²) in [6.07, 6.45) is 6.38. The van der Waals surface area contributed by atoms with Gasteiger partial charge < -0.3 is 5.32 Å². The van der Waals surface area contributed by atoms with Crippen LogP contribution in [0.1, 0.15) is 15.9 Å². The van der Waals surface area contributed by atoms with Crippen molar-refractivity contribution in [3.05, 3.63) is 88.4 Å². The van der Waals surface area contributed by atoms with Crippen molar-refractivity contribution in [3.8, 4) is 0 Å². The average molecular weight is 461 g/mol. The largest absolute Gasteiger partial charge is 0.348 e. The lowest BCUT2D eigenvalue weighted by Gasteiger charge is -2.08. The van der Waals surface area contributed by atoms with Crippen LogP contribution in [0.3, 0.4) is 0 Å². The standard InChI is InChI=1S/C20H14Cl2N4O3S/c21-17-6-5-16(9-18(17)22)30(28,29)15-3-1-13(2-4-15)10-24-19(27)14-11-25-20-23-7-8-26(20)12-14/h1-9,11-12H,10H2,(H,24,27). The smallest absolute Gasteiger partial charge is 0.254 e. The highest BCUT2D eigenvalue weighted by molar-refractivity contribution is 7.91. The zero-order valence-corrected chi connectivity index (χ0v) is 17.6. The van der Waals surface area contributed by atoms with Crippen molar-refractivity contribution < 1.29 is 13.2 Å². The molecule has 0 fully saturated rings. The van der Waals surface area contributed by atoms with Crippen LogP contribution in [0.15, 0.2) is 77.0 Å². The van der Waals surface area contributed by atoms with Gasteiger partial charge >= 0.3 is 0 Å². The zero-order chi connectivity index (χ0) is 21.3. The first-order chi connectivity index (χ1) is 14.3. The van der Waals surface area contributed by atoms with Crippen LogP contribution in [0, 0.1) is 0 Å². The summed E-state index contributed by atoms with van der Waals surface area (Å²) < 4.78 is 27.2. The molecule has 10 heteroatoms. The number of sulfone groups is 1. The molecule has 4 aromatic rings. The maximum absolute atomic E-state index is 12.8. The summed E-state index contributed by atoms with van der Waals surface area (Å²) in [5, 5.41) is 3.23. The van der Waals surface area contributed by atoms with Crippen LogP contribution in [0.4, 0.5) is 0 Å². The SMILES string of the molecule is O=C(NCc1ccc(S(=O)(=O)c2ccc(Cl)c(Cl)c2)cc1)c1cnc2nccn2c1. The number of fused-ring (bicyclic) bond motifs is 1. The van der Waals surface area contributed by atoms with Crippen LogP contribution in [-0.4, -0.2) is 28.7 Å². The minimum Gasteiger partial charge on any atom is -0.348 e. The van der Waals surface area contributed by atoms with Crippen LogP contribution in [0.5, 0.6) is 0 Å². The Balaban J connectivity index is 1.46. The molecule has 30 heavy (non-hydrogen) atoms. The number of nitrogens with zero attached hydrogens (tertiary/aromatic N) is 3. The normalized spacial score (nSPS) is 11.5. The molecule has 7 nitrogen and oxygen atoms in total. The number of aromatic nitrogens is 3. The van der Waals surface area contributed by atoms with Gasteiger partial charge in [-0.05, 0) is 35.9 Å². The predicted octanol–water partition coefficient (Wildman–Crippen LogP) is 3.80. The predicted molar refractivity (Wildman–Crippen MR) is 113 cm³/mol. The molecule has 0 atom stereocenters. The number of halogens is 2. The molecule has 1 amide bonds. The molecule has 1 N–H and O–H groups in total. The molecule has 0 unspecified atom stereocenters. The van der Waals surface area contributed by atoms with Crippen molar-refractivity contribution in [2.75, 3.05) is 0 Å². The quantitative estimate of drug-likeness (QED) is 0.488. The highest BCUT2D eigenvalue weighted by Gasteiger charge is 2.18. The third-order valence-electron chi connectivity index (χ3n) is 4.40. The van der Waals surface area contributed by atoms with Crippen molar-refractivity contribution in [2.24, 2.45) is 0 Å². The first-order valence-corrected chi connectivity index (χ1v) is 10.9. The molecule has 0 spiro atoms. The van der Waals surface area contributed by atoms with E-state index in [4.69, 9.17) is 23.2 Å². The minimum absolute atomic E-state index is 0.0559. The van der Waals surface area contributed by atoms with E-state index in [9.17, 15) is 13.2 Å². The monoisotopic (exact) mass is 460 g/mol. The second-order valence-corrected chi connectivity index (χ2v) is 9.15. The number of carbonyl (C=O) groups excluding carboxylic acids is 1. The second kappa shape index (κ2) is 8.06. The molecular formula is C20H14Cl2N4O3S. The molecule has 0 aliphatic carbocycles. The van der Waals surface area contributed by atoms with E-state index in [1.807, 2.05) is 0 Å². The molecule has 0 saturated carbocycles. The number of amides is 1. The Labute approximate surface area is 182 Å². The van der Waals surface area contributed by atoms with Crippen LogP contribution in [-0.2, 0) is 16.4 Å². The van der Waals surface area contributed by atoms with Crippen LogP contribution >= 0.6 is 23.2 Å². The third kappa shape index (κ3) is 4.02. The van der Waals surface area contributed by atoms with Gasteiger partial charge in [0.25, 0.3) is 5.91 Å². The number of rotatable bonds is 5. The Bertz CT molecular complexity index is 1350. The van der Waals surface area contributed by atoms with Crippen molar-refractivity contribution in [1.82, 2.24) is 19.7 Å². The summed E-state index contributed by atoms with van der Waals surface area (Å²) >= 11 is 11.8. The molecule has 4 rings (SSSR count). The summed E-state index contributed by atoms with van der Waals surface area (Å²) in [5.74, 6) is 0.205. The van der Waals surface area contributed by atoms with Gasteiger partial charge in [-0.3, -0.25) is 9.20 Å². The highest BCUT2D eigenvalue weighted by atomic mass is 35.5. The van der Waals surface area contributed by atoms with Gasteiger partial charge in [-0.2, -0.15) is 0 Å². The number of hydrogen-bond donors (Lipinski definition) is 1. The summed E-state index contributed by atoms with van der Waals surface area (Å²) in [6, 6.07) is 10.4. The topological polar surface area (TPSA) is 93.4 Å². The van der Waals surface area contributed by atoms with Crippen LogP contribution < -0.4 is 5.32 Å². The first-order valence-electron chi connectivity index (χ1n) is 8.70. The molecule has 2 aromatic heterocycles. The van der Waals surface area contributed by atoms with E-state index < -0.39 is 9.84 Å². The van der Waals surface area contributed by atoms with Crippen molar-refractivity contribution in [3.63, 3.8) is 0 Å². The number of carbonyl (C=O) groups is 1. The Morgan fingerprint density at radius 2 is 1.73 bits per heavy atom. The zero-order valence-electron chi connectivity index (χ0n) is 15.3. The van der Waals surface area contributed by atoms with E-state index in [0.717, 1.165) is 5.56 Å². The van der Waals surface area contributed by atoms with Gasteiger partial charge in [-0.1, -0.05) is 35.3 Å². The van der Waals surface area contributed by atoms with E-state index >= 15 is 0 Å². The van der Waals surface area contributed by atoms with Gasteiger partial charge in [-0.25, -0.2) is 18.4 Å². The van der Waals surface area contributed by atoms with Gasteiger partial charge in [0.2, 0.25) is 15.6 Å². The Hall–Kier alpha value is -2.94. The van der Waals surface area contributed by atoms with E-state index in [0.29, 0.717) is 11.3 Å². The summed E-state index contributed by atoms with van der Waals surface area (Å²) in [7, 11) is -3.73. The highest BCUT2D eigenvalue weighted by Crippen LogP contribution is 2.28. The third-order valence-corrected chi connectivity index (χ3v) is 6.90. The first kappa shape index (κ1) is 20.3. The fourth-order valence-corrected chi connectivity index (χ4v) is 4.43. The van der Waals surface area contributed by atoms with E-state index in [1.165, 1.54) is 36.5 Å². The number of nitrogens with one attached hydrogen (secondary N) is 1. The number of benzene rings is 2. The molecular weight excluding hydrogens is 447 g/mol. The van der Waals surface area contributed by atoms with Crippen molar-refractivity contribution in [1.29, 1.82) is 0 Å². The Kier molecular flexibility index (Phi) is 5.46. The molecule has 0 radical (unpaired) electrons. The molecule has 152 valence electrons. The van der Waals surface area contributed by atoms with E-state index in [2.05, 4.69) is 15.3 Å². The minimum atomic E-state index is -3.73. The summed E-state index contributed by atoms with van der Waals surface area (Å²) in [5.41, 5.74) is 1.13. The lowest BCUT2D eigenvalue weighted by atomic mass is 10.2. The molecule has 0 aliphatic rings. The van der Waals surface area contributed by atoms with Crippen molar-refractivity contribution >= 4 is 44.7 Å². The molecule has 0 bridgehead atoms. The second-order valence-electron chi connectivity index (χ2n) is 6.38. The van der Waals surface area contributed by atoms with Crippen LogP contribution in [0.2, 0.25) is 10.0 Å². The Morgan fingerprint density at radius 3 is 2.47 bits per heavy atom. The number of imidazole rings is 1. The fraction of sp³-hybridized carbons (Fsp3) is 0.0500. The lowest BCUT2D eigenvalue weighted by Crippen LogP contribution is -2.23. The number of hydrogen-bond acceptors (Lipinski definition) is 5. The molecule has 2 aromatic carbocycles. The van der Waals surface area contributed by atoms with E-state index in [-0.39, 0.29) is 32.3 Å². The van der Waals surface area contributed by atoms with Gasteiger partial charge in [0, 0.05) is 31.3 Å². The van der Waals surface area contributed by atoms with Gasteiger partial charge in [-0.15, -0.1) is 0 Å². The lowest BCUT2D eigenvalue weighted by molar-refractivity contribution is 0.0950. The fourth-order valence-electron chi connectivity index (χ4n) is 2.78. The van der Waals surface area contributed by atoms with E-state index in [1.54, 1.807) is 35.1 Å². The molecule has 2 heterocycles. The average Bonchev–Trinajstić information content (AvgIpc) is 3.22. The van der Waals surface area contributed by atoms with Gasteiger partial charge in [0.15, 0.2) is 0 Å². The maximum Gasteiger partial charge on any atom is 0.254 e. The molecule has 0 aliphatic heterocycles. The summed E-state index contributed by atoms with van der Waals surface area (Å²) in [6.45, 7) is 0.230. The van der Waals surface area contributed by atoms with Crippen LogP contribution in [0.25, 0.3) is 5.78 Å². The van der Waals surface area contributed by atoms with Gasteiger partial charge in [0.1, 0.15) is 0 Å². The Morgan fingerprint density at radius 1 is 1.00 bits per heavy atom.